The van der Waals surface area contributed by atoms with Crippen LogP contribution < -0.4 is 10.6 Å². The molecule has 1 unspecified atom stereocenters. The number of hydrogen-bond acceptors (Lipinski definition) is 4. The van der Waals surface area contributed by atoms with Crippen molar-refractivity contribution >= 4 is 11.7 Å². The van der Waals surface area contributed by atoms with Gasteiger partial charge in [-0.1, -0.05) is 6.92 Å². The largest absolute Gasteiger partial charge is 0.377 e. The van der Waals surface area contributed by atoms with Gasteiger partial charge in [0.1, 0.15) is 5.82 Å². The summed E-state index contributed by atoms with van der Waals surface area (Å²) in [4.78, 5) is 16.4. The van der Waals surface area contributed by atoms with E-state index in [0.717, 1.165) is 12.1 Å². The van der Waals surface area contributed by atoms with E-state index in [4.69, 9.17) is 4.74 Å². The summed E-state index contributed by atoms with van der Waals surface area (Å²) < 4.78 is 5.38. The zero-order chi connectivity index (χ0) is 14.3. The van der Waals surface area contributed by atoms with E-state index in [9.17, 15) is 4.79 Å². The molecule has 1 amide bonds. The Balaban J connectivity index is 2.70. The average molecular weight is 265 g/mol. The number of ether oxygens (including phenoxy) is 1. The molecule has 2 N–H and O–H groups in total. The predicted octanol–water partition coefficient (Wildman–Crippen LogP) is 1.84. The lowest BCUT2D eigenvalue weighted by atomic mass is 10.2. The van der Waals surface area contributed by atoms with Crippen molar-refractivity contribution in [3.05, 3.63) is 23.4 Å². The maximum Gasteiger partial charge on any atom is 0.251 e. The first kappa shape index (κ1) is 15.4. The van der Waals surface area contributed by atoms with Crippen LogP contribution in [0.5, 0.6) is 0 Å². The van der Waals surface area contributed by atoms with Crippen molar-refractivity contribution in [3.63, 3.8) is 0 Å². The molecule has 0 saturated heterocycles. The van der Waals surface area contributed by atoms with Crippen LogP contribution in [-0.4, -0.2) is 37.2 Å². The molecule has 0 aliphatic heterocycles. The van der Waals surface area contributed by atoms with Crippen LogP contribution in [0.3, 0.4) is 0 Å². The van der Waals surface area contributed by atoms with Crippen molar-refractivity contribution in [1.29, 1.82) is 0 Å². The molecular weight excluding hydrogens is 242 g/mol. The third-order valence-corrected chi connectivity index (χ3v) is 2.76. The number of carbonyl (C=O) groups excluding carboxylic acids is 1. The third-order valence-electron chi connectivity index (χ3n) is 2.76. The van der Waals surface area contributed by atoms with Crippen molar-refractivity contribution in [1.82, 2.24) is 10.3 Å². The van der Waals surface area contributed by atoms with Crippen LogP contribution >= 0.6 is 0 Å². The van der Waals surface area contributed by atoms with Crippen molar-refractivity contribution in [2.45, 2.75) is 33.3 Å². The Kier molecular flexibility index (Phi) is 6.29. The Bertz CT molecular complexity index is 399. The van der Waals surface area contributed by atoms with E-state index in [2.05, 4.69) is 15.6 Å². The lowest BCUT2D eigenvalue weighted by molar-refractivity contribution is 0.0695. The number of carbonyl (C=O) groups is 1. The van der Waals surface area contributed by atoms with Crippen LogP contribution in [0.25, 0.3) is 0 Å². The van der Waals surface area contributed by atoms with Crippen LogP contribution in [0.2, 0.25) is 0 Å². The molecule has 1 heterocycles. The first-order valence-electron chi connectivity index (χ1n) is 6.69. The quantitative estimate of drug-likeness (QED) is 0.789. The van der Waals surface area contributed by atoms with Gasteiger partial charge >= 0.3 is 0 Å². The number of anilines is 1. The molecule has 0 radical (unpaired) electrons. The molecule has 0 aliphatic carbocycles. The minimum atomic E-state index is -0.0971. The molecule has 19 heavy (non-hydrogen) atoms. The second kappa shape index (κ2) is 7.74. The smallest absolute Gasteiger partial charge is 0.251 e. The average Bonchev–Trinajstić information content (AvgIpc) is 2.44. The molecule has 0 bridgehead atoms. The zero-order valence-corrected chi connectivity index (χ0v) is 12.1. The van der Waals surface area contributed by atoms with Gasteiger partial charge in [-0.15, -0.1) is 0 Å². The van der Waals surface area contributed by atoms with E-state index in [-0.39, 0.29) is 12.0 Å². The van der Waals surface area contributed by atoms with Crippen LogP contribution in [-0.2, 0) is 11.2 Å². The Labute approximate surface area is 114 Å². The van der Waals surface area contributed by atoms with Gasteiger partial charge in [0.15, 0.2) is 0 Å². The van der Waals surface area contributed by atoms with Crippen molar-refractivity contribution in [3.8, 4) is 0 Å². The summed E-state index contributed by atoms with van der Waals surface area (Å²) in [5.41, 5.74) is 1.52. The van der Waals surface area contributed by atoms with E-state index in [0.29, 0.717) is 24.5 Å². The first-order valence-corrected chi connectivity index (χ1v) is 6.69. The highest BCUT2D eigenvalue weighted by molar-refractivity contribution is 5.95. The third kappa shape index (κ3) is 4.87. The molecule has 5 nitrogen and oxygen atoms in total. The highest BCUT2D eigenvalue weighted by Gasteiger charge is 2.10. The molecule has 1 rings (SSSR count). The SMILES string of the molecule is CCOC(C)CNC(=O)c1cc(CC)nc(NC)c1. The summed E-state index contributed by atoms with van der Waals surface area (Å²) in [5, 5.41) is 5.83. The van der Waals surface area contributed by atoms with Crippen molar-refractivity contribution in [2.75, 3.05) is 25.5 Å². The van der Waals surface area contributed by atoms with Crippen LogP contribution in [0.15, 0.2) is 12.1 Å². The Hall–Kier alpha value is -1.62. The molecule has 0 aromatic carbocycles. The molecule has 1 atom stereocenters. The van der Waals surface area contributed by atoms with Gasteiger partial charge in [-0.25, -0.2) is 4.98 Å². The number of hydrogen-bond donors (Lipinski definition) is 2. The summed E-state index contributed by atoms with van der Waals surface area (Å²) in [6, 6.07) is 3.57. The summed E-state index contributed by atoms with van der Waals surface area (Å²) in [6.45, 7) is 7.04. The van der Waals surface area contributed by atoms with Gasteiger partial charge in [-0.2, -0.15) is 0 Å². The summed E-state index contributed by atoms with van der Waals surface area (Å²) in [7, 11) is 1.79. The van der Waals surface area contributed by atoms with E-state index in [1.165, 1.54) is 0 Å². The number of aryl methyl sites for hydroxylation is 1. The molecule has 0 aliphatic rings. The topological polar surface area (TPSA) is 63.2 Å². The molecule has 0 saturated carbocycles. The second-order valence-electron chi connectivity index (χ2n) is 4.31. The van der Waals surface area contributed by atoms with E-state index in [1.807, 2.05) is 26.8 Å². The minimum absolute atomic E-state index is 0.0187. The number of nitrogens with one attached hydrogen (secondary N) is 2. The number of amides is 1. The van der Waals surface area contributed by atoms with Gasteiger partial charge in [0.25, 0.3) is 5.91 Å². The highest BCUT2D eigenvalue weighted by Crippen LogP contribution is 2.10. The standard InChI is InChI=1S/C14H23N3O2/c1-5-12-7-11(8-13(15-4)17-12)14(18)16-9-10(3)19-6-2/h7-8,10H,5-6,9H2,1-4H3,(H,15,17)(H,16,18). The fourth-order valence-electron chi connectivity index (χ4n) is 1.71. The summed E-state index contributed by atoms with van der Waals surface area (Å²) >= 11 is 0. The molecule has 0 spiro atoms. The number of nitrogens with zero attached hydrogens (tertiary/aromatic N) is 1. The second-order valence-corrected chi connectivity index (χ2v) is 4.31. The molecule has 5 heteroatoms. The monoisotopic (exact) mass is 265 g/mol. The predicted molar refractivity (Wildman–Crippen MR) is 76.6 cm³/mol. The Morgan fingerprint density at radius 1 is 1.42 bits per heavy atom. The number of aromatic nitrogens is 1. The Morgan fingerprint density at radius 3 is 2.74 bits per heavy atom. The van der Waals surface area contributed by atoms with Crippen molar-refractivity contribution in [2.24, 2.45) is 0 Å². The lowest BCUT2D eigenvalue weighted by Gasteiger charge is -2.13. The molecular formula is C14H23N3O2. The fourth-order valence-corrected chi connectivity index (χ4v) is 1.71. The maximum absolute atomic E-state index is 12.1. The zero-order valence-electron chi connectivity index (χ0n) is 12.1. The van der Waals surface area contributed by atoms with Gasteiger partial charge < -0.3 is 15.4 Å². The van der Waals surface area contributed by atoms with Crippen molar-refractivity contribution < 1.29 is 9.53 Å². The normalized spacial score (nSPS) is 12.0. The van der Waals surface area contributed by atoms with E-state index >= 15 is 0 Å². The number of pyridine rings is 1. The van der Waals surface area contributed by atoms with Crippen LogP contribution in [0.1, 0.15) is 36.8 Å². The summed E-state index contributed by atoms with van der Waals surface area (Å²) in [6.07, 6.45) is 0.815. The van der Waals surface area contributed by atoms with E-state index < -0.39 is 0 Å². The van der Waals surface area contributed by atoms with Gasteiger partial charge in [0.2, 0.25) is 0 Å². The van der Waals surface area contributed by atoms with Crippen LogP contribution in [0.4, 0.5) is 5.82 Å². The summed E-state index contributed by atoms with van der Waals surface area (Å²) in [5.74, 6) is 0.613. The highest BCUT2D eigenvalue weighted by atomic mass is 16.5. The molecule has 1 aromatic heterocycles. The van der Waals surface area contributed by atoms with Gasteiger partial charge in [0.05, 0.1) is 6.10 Å². The van der Waals surface area contributed by atoms with Gasteiger partial charge in [0, 0.05) is 31.5 Å². The molecule has 1 aromatic rings. The Morgan fingerprint density at radius 2 is 2.16 bits per heavy atom. The fraction of sp³-hybridized carbons (Fsp3) is 0.571. The maximum atomic E-state index is 12.1. The lowest BCUT2D eigenvalue weighted by Crippen LogP contribution is -2.32. The molecule has 0 fully saturated rings. The first-order chi connectivity index (χ1) is 9.10. The van der Waals surface area contributed by atoms with Gasteiger partial charge in [-0.05, 0) is 32.4 Å². The van der Waals surface area contributed by atoms with E-state index in [1.54, 1.807) is 13.1 Å². The molecule has 106 valence electrons. The minimum Gasteiger partial charge on any atom is -0.377 e. The number of rotatable bonds is 7. The van der Waals surface area contributed by atoms with Gasteiger partial charge in [-0.3, -0.25) is 4.79 Å². The van der Waals surface area contributed by atoms with Crippen LogP contribution in [0, 0.1) is 0 Å².